The zero-order valence-electron chi connectivity index (χ0n) is 18.0. The maximum Gasteiger partial charge on any atom is 0.0652 e. The van der Waals surface area contributed by atoms with Crippen molar-refractivity contribution in [3.05, 3.63) is 113 Å². The fraction of sp³-hybridized carbons (Fsp3) is 0.148. The summed E-state index contributed by atoms with van der Waals surface area (Å²) in [5.41, 5.74) is 9.35. The number of hydrogen-bond acceptors (Lipinski definition) is 2. The van der Waals surface area contributed by atoms with Crippen LogP contribution in [0.4, 0.5) is 11.4 Å². The fourth-order valence-electron chi connectivity index (χ4n) is 3.72. The zero-order chi connectivity index (χ0) is 21.1. The molecule has 0 spiro atoms. The van der Waals surface area contributed by atoms with Crippen molar-refractivity contribution in [3.8, 4) is 5.69 Å². The first-order valence-corrected chi connectivity index (χ1v) is 10.3. The Labute approximate surface area is 178 Å². The second-order valence-electron chi connectivity index (χ2n) is 7.66. The summed E-state index contributed by atoms with van der Waals surface area (Å²) in [6.07, 6.45) is 1.96. The number of hydrazone groups is 1. The number of aryl methyl sites for hydroxylation is 3. The first-order valence-electron chi connectivity index (χ1n) is 10.3. The molecule has 3 nitrogen and oxygen atoms in total. The van der Waals surface area contributed by atoms with E-state index in [0.717, 1.165) is 16.9 Å². The van der Waals surface area contributed by atoms with E-state index >= 15 is 0 Å². The van der Waals surface area contributed by atoms with Crippen LogP contribution in [0.3, 0.4) is 0 Å². The SMILES string of the molecule is Cc1ccc(-n2c(C)cc(/C=N\N(c3ccccc3)c3ccccc3)c2C)cc1C. The molecule has 1 heterocycles. The molecule has 3 aromatic carbocycles. The van der Waals surface area contributed by atoms with E-state index in [1.54, 1.807) is 0 Å². The van der Waals surface area contributed by atoms with E-state index in [4.69, 9.17) is 5.10 Å². The van der Waals surface area contributed by atoms with Crippen molar-refractivity contribution in [1.29, 1.82) is 0 Å². The summed E-state index contributed by atoms with van der Waals surface area (Å²) in [6.45, 7) is 8.60. The van der Waals surface area contributed by atoms with Crippen molar-refractivity contribution in [2.24, 2.45) is 5.10 Å². The van der Waals surface area contributed by atoms with Gasteiger partial charge >= 0.3 is 0 Å². The van der Waals surface area contributed by atoms with Gasteiger partial charge in [-0.2, -0.15) is 5.10 Å². The molecule has 3 heteroatoms. The Kier molecular flexibility index (Phi) is 5.53. The highest BCUT2D eigenvalue weighted by atomic mass is 15.5. The quantitative estimate of drug-likeness (QED) is 0.267. The molecule has 150 valence electrons. The Hall–Kier alpha value is -3.59. The van der Waals surface area contributed by atoms with Gasteiger partial charge in [0.2, 0.25) is 0 Å². The minimum atomic E-state index is 1.03. The summed E-state index contributed by atoms with van der Waals surface area (Å²) in [7, 11) is 0. The molecule has 0 radical (unpaired) electrons. The van der Waals surface area contributed by atoms with Crippen LogP contribution in [0.5, 0.6) is 0 Å². The lowest BCUT2D eigenvalue weighted by atomic mass is 10.1. The molecular weight excluding hydrogens is 366 g/mol. The van der Waals surface area contributed by atoms with E-state index in [-0.39, 0.29) is 0 Å². The summed E-state index contributed by atoms with van der Waals surface area (Å²) in [5, 5.41) is 6.84. The van der Waals surface area contributed by atoms with Gasteiger partial charge in [-0.3, -0.25) is 0 Å². The van der Waals surface area contributed by atoms with E-state index in [1.165, 1.54) is 28.2 Å². The Morgan fingerprint density at radius 3 is 1.87 bits per heavy atom. The number of rotatable bonds is 5. The molecule has 0 N–H and O–H groups in total. The van der Waals surface area contributed by atoms with Gasteiger partial charge in [0.15, 0.2) is 0 Å². The second-order valence-corrected chi connectivity index (χ2v) is 7.66. The van der Waals surface area contributed by atoms with Gasteiger partial charge in [-0.05, 0) is 81.3 Å². The Bertz CT molecular complexity index is 1130. The number of benzene rings is 3. The van der Waals surface area contributed by atoms with Crippen LogP contribution >= 0.6 is 0 Å². The van der Waals surface area contributed by atoms with Crippen LogP contribution in [0.25, 0.3) is 5.69 Å². The Morgan fingerprint density at radius 2 is 1.30 bits per heavy atom. The van der Waals surface area contributed by atoms with Crippen LogP contribution in [0.15, 0.2) is 90.0 Å². The molecule has 0 saturated carbocycles. The lowest BCUT2D eigenvalue weighted by Crippen LogP contribution is -2.09. The van der Waals surface area contributed by atoms with Crippen molar-refractivity contribution in [1.82, 2.24) is 4.57 Å². The Balaban J connectivity index is 1.73. The largest absolute Gasteiger partial charge is 0.318 e. The van der Waals surface area contributed by atoms with E-state index < -0.39 is 0 Å². The molecule has 30 heavy (non-hydrogen) atoms. The molecule has 1 aromatic heterocycles. The summed E-state index contributed by atoms with van der Waals surface area (Å²) in [5.74, 6) is 0. The van der Waals surface area contributed by atoms with Crippen LogP contribution in [0, 0.1) is 27.7 Å². The summed E-state index contributed by atoms with van der Waals surface area (Å²) in [4.78, 5) is 0. The fourth-order valence-corrected chi connectivity index (χ4v) is 3.72. The highest BCUT2D eigenvalue weighted by molar-refractivity contribution is 5.84. The van der Waals surface area contributed by atoms with Gasteiger partial charge in [0.25, 0.3) is 0 Å². The third kappa shape index (κ3) is 3.92. The highest BCUT2D eigenvalue weighted by Gasteiger charge is 2.12. The summed E-state index contributed by atoms with van der Waals surface area (Å²) < 4.78 is 2.29. The lowest BCUT2D eigenvalue weighted by molar-refractivity contribution is 0.961. The third-order valence-electron chi connectivity index (χ3n) is 5.53. The van der Waals surface area contributed by atoms with Crippen LogP contribution in [0.2, 0.25) is 0 Å². The van der Waals surface area contributed by atoms with Crippen molar-refractivity contribution in [2.75, 3.05) is 5.01 Å². The van der Waals surface area contributed by atoms with E-state index in [0.29, 0.717) is 0 Å². The summed E-state index contributed by atoms with van der Waals surface area (Å²) in [6, 6.07) is 29.3. The van der Waals surface area contributed by atoms with Crippen LogP contribution in [-0.2, 0) is 0 Å². The molecule has 0 unspecified atom stereocenters. The molecule has 0 atom stereocenters. The minimum absolute atomic E-state index is 1.03. The van der Waals surface area contributed by atoms with Crippen LogP contribution in [-0.4, -0.2) is 10.8 Å². The third-order valence-corrected chi connectivity index (χ3v) is 5.53. The molecule has 4 rings (SSSR count). The number of anilines is 2. The molecule has 0 fully saturated rings. The topological polar surface area (TPSA) is 20.5 Å². The molecular formula is C27H27N3. The van der Waals surface area contributed by atoms with Gasteiger partial charge in [0.05, 0.1) is 17.6 Å². The smallest absolute Gasteiger partial charge is 0.0652 e. The predicted molar refractivity (Wildman–Crippen MR) is 127 cm³/mol. The van der Waals surface area contributed by atoms with Gasteiger partial charge < -0.3 is 4.57 Å². The van der Waals surface area contributed by atoms with E-state index in [1.807, 2.05) is 47.6 Å². The van der Waals surface area contributed by atoms with Gasteiger partial charge in [-0.25, -0.2) is 5.01 Å². The van der Waals surface area contributed by atoms with Gasteiger partial charge in [-0.15, -0.1) is 0 Å². The van der Waals surface area contributed by atoms with E-state index in [9.17, 15) is 0 Å². The van der Waals surface area contributed by atoms with Crippen molar-refractivity contribution in [2.45, 2.75) is 27.7 Å². The maximum absolute atomic E-state index is 4.87. The average molecular weight is 394 g/mol. The van der Waals surface area contributed by atoms with Crippen LogP contribution < -0.4 is 5.01 Å². The molecule has 0 bridgehead atoms. The van der Waals surface area contributed by atoms with Gasteiger partial charge in [-0.1, -0.05) is 42.5 Å². The van der Waals surface area contributed by atoms with Gasteiger partial charge in [0.1, 0.15) is 0 Å². The zero-order valence-corrected chi connectivity index (χ0v) is 18.0. The van der Waals surface area contributed by atoms with Crippen molar-refractivity contribution in [3.63, 3.8) is 0 Å². The number of para-hydroxylation sites is 2. The number of aromatic nitrogens is 1. The first kappa shape index (κ1) is 19.7. The average Bonchev–Trinajstić information content (AvgIpc) is 3.05. The maximum atomic E-state index is 4.87. The highest BCUT2D eigenvalue weighted by Crippen LogP contribution is 2.26. The molecule has 0 saturated heterocycles. The minimum Gasteiger partial charge on any atom is -0.318 e. The molecule has 4 aromatic rings. The predicted octanol–water partition coefficient (Wildman–Crippen LogP) is 6.88. The lowest BCUT2D eigenvalue weighted by Gasteiger charge is -2.19. The molecule has 0 amide bonds. The van der Waals surface area contributed by atoms with Gasteiger partial charge in [0, 0.05) is 22.6 Å². The van der Waals surface area contributed by atoms with Crippen molar-refractivity contribution < 1.29 is 0 Å². The van der Waals surface area contributed by atoms with Crippen LogP contribution in [0.1, 0.15) is 28.1 Å². The Morgan fingerprint density at radius 1 is 0.700 bits per heavy atom. The number of hydrogen-bond donors (Lipinski definition) is 0. The normalized spacial score (nSPS) is 11.2. The second kappa shape index (κ2) is 8.42. The van der Waals surface area contributed by atoms with E-state index in [2.05, 4.69) is 80.8 Å². The molecule has 0 aliphatic rings. The molecule has 0 aliphatic heterocycles. The monoisotopic (exact) mass is 393 g/mol. The van der Waals surface area contributed by atoms with Crippen molar-refractivity contribution >= 4 is 17.6 Å². The summed E-state index contributed by atoms with van der Waals surface area (Å²) >= 11 is 0. The standard InChI is InChI=1S/C27H27N3/c1-20-15-16-27(17-21(20)2)29-22(3)18-24(23(29)4)19-28-30(25-11-7-5-8-12-25)26-13-9-6-10-14-26/h5-19H,1-4H3/b28-19-. The first-order chi connectivity index (χ1) is 14.5. The molecule has 0 aliphatic carbocycles. The number of nitrogens with zero attached hydrogens (tertiary/aromatic N) is 3.